The van der Waals surface area contributed by atoms with Crippen molar-refractivity contribution in [2.75, 3.05) is 34.1 Å². The van der Waals surface area contributed by atoms with E-state index in [1.807, 2.05) is 87.3 Å². The maximum absolute atomic E-state index is 14.3. The molecule has 6 heterocycles. The number of ether oxygens (including phenoxy) is 5. The maximum atomic E-state index is 14.3. The Kier molecular flexibility index (Phi) is 12.6. The SMILES string of the molecule is COC(=O)N[C@H](C(=O)N1CC(OC(=O)N2Cc3cc4c(cc3C2)OCO4)CC1c1ncc(-c2ccc(-c3ccc(-c4cnc([C@@H]5CC6(CC6)CN5C(=O)[C@@H](NC(=O)OC)C(C)C)[nH]4)cc3)cc2)[nH]1)C(C)C. The van der Waals surface area contributed by atoms with Crippen LogP contribution in [-0.2, 0) is 36.9 Å². The molecule has 5 aliphatic rings. The lowest BCUT2D eigenvalue weighted by molar-refractivity contribution is -0.136. The Morgan fingerprint density at radius 1 is 0.690 bits per heavy atom. The van der Waals surface area contributed by atoms with E-state index >= 15 is 0 Å². The third-order valence-electron chi connectivity index (χ3n) is 14.6. The predicted molar refractivity (Wildman–Crippen MR) is 257 cm³/mol. The molecule has 4 N–H and O–H groups in total. The number of benzene rings is 3. The molecule has 3 aromatic carbocycles. The first-order chi connectivity index (χ1) is 34.2. The number of nitrogens with zero attached hydrogens (tertiary/aromatic N) is 5. The number of rotatable bonds is 12. The molecular formula is C52H59N9O10. The standard InChI is InChI=1S/C52H59N9O10/c1-28(2)43(57-49(64)67-5)47(62)60-25-36(71-51(66)59-23-34-17-41-42(70-27-69-41)18-35(34)24-59)19-39(60)45-53-21-37(55-45)32-11-7-30(8-12-32)31-9-13-33(14-10-31)38-22-54-46(56-38)40-20-52(15-16-52)26-61(40)48(63)44(29(3)4)58-50(65)68-6/h7-14,17-18,21-22,28-29,36,39-40,43-44H,15-16,19-20,23-27H2,1-6H3,(H,53,55)(H,54,56)(H,57,64)(H,58,65)/t36?,39?,40-,43-,44-/m0/s1. The fourth-order valence-corrected chi connectivity index (χ4v) is 10.3. The van der Waals surface area contributed by atoms with Gasteiger partial charge in [0.05, 0.1) is 56.6 Å². The zero-order chi connectivity index (χ0) is 49.7. The Morgan fingerprint density at radius 2 is 1.17 bits per heavy atom. The summed E-state index contributed by atoms with van der Waals surface area (Å²) in [4.78, 5) is 88.0. The summed E-state index contributed by atoms with van der Waals surface area (Å²) in [5.74, 6) is 1.67. The summed E-state index contributed by atoms with van der Waals surface area (Å²) in [5.41, 5.74) is 7.43. The minimum atomic E-state index is -0.899. The number of aromatic amines is 2. The summed E-state index contributed by atoms with van der Waals surface area (Å²) < 4.78 is 26.8. The van der Waals surface area contributed by atoms with E-state index in [1.165, 1.54) is 14.2 Å². The largest absolute Gasteiger partial charge is 0.454 e. The van der Waals surface area contributed by atoms with Crippen LogP contribution in [0.25, 0.3) is 33.6 Å². The van der Waals surface area contributed by atoms with Crippen LogP contribution in [-0.4, -0.2) is 117 Å². The molecule has 3 fully saturated rings. The van der Waals surface area contributed by atoms with Crippen LogP contribution in [0.4, 0.5) is 14.4 Å². The number of nitrogens with one attached hydrogen (secondary N) is 4. The van der Waals surface area contributed by atoms with E-state index in [1.54, 1.807) is 16.0 Å². The van der Waals surface area contributed by atoms with Gasteiger partial charge in [0.1, 0.15) is 29.8 Å². The van der Waals surface area contributed by atoms with Gasteiger partial charge in [-0.1, -0.05) is 76.2 Å². The van der Waals surface area contributed by atoms with E-state index in [-0.39, 0.29) is 54.9 Å². The molecule has 4 aliphatic heterocycles. The summed E-state index contributed by atoms with van der Waals surface area (Å²) in [6.45, 7) is 9.11. The first kappa shape index (κ1) is 47.1. The maximum Gasteiger partial charge on any atom is 0.410 e. The third-order valence-corrected chi connectivity index (χ3v) is 14.6. The highest BCUT2D eigenvalue weighted by molar-refractivity contribution is 5.87. The third kappa shape index (κ3) is 9.44. The number of H-pyrrole nitrogens is 2. The number of hydrogen-bond donors (Lipinski definition) is 4. The van der Waals surface area contributed by atoms with Crippen LogP contribution in [0.15, 0.2) is 73.1 Å². The molecule has 5 atom stereocenters. The van der Waals surface area contributed by atoms with E-state index in [9.17, 15) is 24.0 Å². The number of aromatic nitrogens is 4. The van der Waals surface area contributed by atoms with Crippen molar-refractivity contribution in [1.82, 2.24) is 45.3 Å². The van der Waals surface area contributed by atoms with Gasteiger partial charge in [0.25, 0.3) is 0 Å². The van der Waals surface area contributed by atoms with Crippen molar-refractivity contribution in [2.45, 2.75) is 96.7 Å². The molecule has 5 amide bonds. The predicted octanol–water partition coefficient (Wildman–Crippen LogP) is 7.47. The minimum Gasteiger partial charge on any atom is -0.454 e. The molecule has 71 heavy (non-hydrogen) atoms. The number of imidazole rings is 2. The average molecular weight is 970 g/mol. The van der Waals surface area contributed by atoms with Crippen LogP contribution in [0.2, 0.25) is 0 Å². The normalized spacial score (nSPS) is 20.3. The second-order valence-corrected chi connectivity index (χ2v) is 20.0. The van der Waals surface area contributed by atoms with Gasteiger partial charge in [0.2, 0.25) is 18.6 Å². The second kappa shape index (κ2) is 19.0. The first-order valence-electron chi connectivity index (χ1n) is 24.2. The Hall–Kier alpha value is -7.57. The summed E-state index contributed by atoms with van der Waals surface area (Å²) in [6.07, 6.45) is 4.27. The van der Waals surface area contributed by atoms with Gasteiger partial charge in [-0.2, -0.15) is 0 Å². The molecule has 372 valence electrons. The smallest absolute Gasteiger partial charge is 0.410 e. The van der Waals surface area contributed by atoms with Gasteiger partial charge < -0.3 is 54.1 Å². The lowest BCUT2D eigenvalue weighted by Crippen LogP contribution is -2.51. The number of carbonyl (C=O) groups is 5. The van der Waals surface area contributed by atoms with Crippen molar-refractivity contribution < 1.29 is 47.7 Å². The van der Waals surface area contributed by atoms with Crippen molar-refractivity contribution in [3.8, 4) is 45.1 Å². The first-order valence-corrected chi connectivity index (χ1v) is 24.2. The zero-order valence-corrected chi connectivity index (χ0v) is 40.7. The van der Waals surface area contributed by atoms with Gasteiger partial charge in [-0.05, 0) is 82.0 Å². The van der Waals surface area contributed by atoms with Crippen LogP contribution >= 0.6 is 0 Å². The molecule has 1 saturated carbocycles. The summed E-state index contributed by atoms with van der Waals surface area (Å²) >= 11 is 0. The number of hydrogen-bond acceptors (Lipinski definition) is 12. The Balaban J connectivity index is 0.818. The zero-order valence-electron chi connectivity index (χ0n) is 40.7. The lowest BCUT2D eigenvalue weighted by atomic mass is 10.0. The summed E-state index contributed by atoms with van der Waals surface area (Å²) in [7, 11) is 2.54. The molecular weight excluding hydrogens is 911 g/mol. The fourth-order valence-electron chi connectivity index (χ4n) is 10.3. The number of likely N-dealkylation sites (tertiary alicyclic amines) is 2. The Labute approximate surface area is 410 Å². The Bertz CT molecular complexity index is 2800. The van der Waals surface area contributed by atoms with Crippen molar-refractivity contribution in [1.29, 1.82) is 0 Å². The number of methoxy groups -OCH3 is 2. The highest BCUT2D eigenvalue weighted by Crippen LogP contribution is 2.58. The highest BCUT2D eigenvalue weighted by Gasteiger charge is 2.55. The number of fused-ring (bicyclic) bond motifs is 2. The van der Waals surface area contributed by atoms with Crippen LogP contribution in [0.5, 0.6) is 11.5 Å². The van der Waals surface area contributed by atoms with Crippen molar-refractivity contribution in [3.05, 3.63) is 95.8 Å². The lowest BCUT2D eigenvalue weighted by Gasteiger charge is -2.30. The molecule has 2 aromatic heterocycles. The second-order valence-electron chi connectivity index (χ2n) is 20.0. The number of amides is 5. The van der Waals surface area contributed by atoms with Gasteiger partial charge in [-0.3, -0.25) is 14.5 Å². The van der Waals surface area contributed by atoms with E-state index in [0.29, 0.717) is 37.0 Å². The van der Waals surface area contributed by atoms with Crippen molar-refractivity contribution >= 4 is 30.1 Å². The molecule has 0 bridgehead atoms. The minimum absolute atomic E-state index is 0.0931. The van der Waals surface area contributed by atoms with Gasteiger partial charge in [-0.25, -0.2) is 24.4 Å². The number of alkyl carbamates (subject to hydrolysis) is 2. The van der Waals surface area contributed by atoms with Crippen LogP contribution in [0.3, 0.4) is 0 Å². The fraction of sp³-hybridized carbons (Fsp3) is 0.442. The molecule has 1 spiro atoms. The monoisotopic (exact) mass is 969 g/mol. The van der Waals surface area contributed by atoms with Gasteiger partial charge in [-0.15, -0.1) is 0 Å². The van der Waals surface area contributed by atoms with Gasteiger partial charge >= 0.3 is 18.3 Å². The van der Waals surface area contributed by atoms with Crippen LogP contribution in [0.1, 0.15) is 88.2 Å². The van der Waals surface area contributed by atoms with Crippen molar-refractivity contribution in [3.63, 3.8) is 0 Å². The molecule has 2 unspecified atom stereocenters. The average Bonchev–Trinajstić information content (AvgIpc) is 4.12. The topological polar surface area (TPSA) is 223 Å². The number of carbonyl (C=O) groups excluding carboxylic acids is 5. The molecule has 10 rings (SSSR count). The highest BCUT2D eigenvalue weighted by atomic mass is 16.7. The molecule has 5 aromatic rings. The van der Waals surface area contributed by atoms with Crippen LogP contribution < -0.4 is 20.1 Å². The molecule has 2 saturated heterocycles. The molecule has 1 aliphatic carbocycles. The molecule has 19 nitrogen and oxygen atoms in total. The van der Waals surface area contributed by atoms with E-state index in [0.717, 1.165) is 69.9 Å². The Morgan fingerprint density at radius 3 is 1.65 bits per heavy atom. The van der Waals surface area contributed by atoms with E-state index < -0.39 is 42.5 Å². The summed E-state index contributed by atoms with van der Waals surface area (Å²) in [5, 5.41) is 5.43. The van der Waals surface area contributed by atoms with E-state index in [2.05, 4.69) is 32.7 Å². The van der Waals surface area contributed by atoms with Gasteiger partial charge in [0, 0.05) is 26.1 Å². The van der Waals surface area contributed by atoms with Gasteiger partial charge in [0.15, 0.2) is 11.5 Å². The van der Waals surface area contributed by atoms with Crippen molar-refractivity contribution in [2.24, 2.45) is 17.3 Å². The molecule has 19 heteroatoms. The van der Waals surface area contributed by atoms with E-state index in [4.69, 9.17) is 33.7 Å². The molecule has 0 radical (unpaired) electrons. The summed E-state index contributed by atoms with van der Waals surface area (Å²) in [6, 6.07) is 17.6. The van der Waals surface area contributed by atoms with Crippen LogP contribution in [0, 0.1) is 17.3 Å². The quantitative estimate of drug-likeness (QED) is 0.0895.